The standard InChI is InChI=1S/C2H5PS2/c1-2-5-3-4/h2H2,1H3. The molecule has 0 unspecified atom stereocenters. The highest BCUT2D eigenvalue weighted by molar-refractivity contribution is 8.57. The molecular formula is C2H5PS2. The molecule has 5 heavy (non-hydrogen) atoms. The van der Waals surface area contributed by atoms with Crippen LogP contribution in [0.2, 0.25) is 0 Å². The van der Waals surface area contributed by atoms with Gasteiger partial charge in [-0.3, -0.25) is 0 Å². The van der Waals surface area contributed by atoms with Crippen LogP contribution in [0.4, 0.5) is 0 Å². The normalized spacial score (nSPS) is 9.00. The molecule has 0 fully saturated rings. The third-order valence-corrected chi connectivity index (χ3v) is 2.58. The second kappa shape index (κ2) is 4.87. The van der Waals surface area contributed by atoms with E-state index in [9.17, 15) is 0 Å². The van der Waals surface area contributed by atoms with E-state index in [0.29, 0.717) is 0 Å². The number of rotatable bonds is 2. The molecule has 0 aromatic rings. The molecule has 0 heterocycles. The number of hydrogen-bond acceptors (Lipinski definition) is 2. The molecule has 0 atom stereocenters. The Morgan fingerprint density at radius 2 is 2.60 bits per heavy atom. The molecule has 0 bridgehead atoms. The van der Waals surface area contributed by atoms with Crippen molar-refractivity contribution in [3.8, 4) is 0 Å². The van der Waals surface area contributed by atoms with Gasteiger partial charge in [-0.05, 0) is 17.6 Å². The fraction of sp³-hybridized carbons (Fsp3) is 1.00. The summed E-state index contributed by atoms with van der Waals surface area (Å²) in [5, 5.41) is 0. The van der Waals surface area contributed by atoms with E-state index >= 15 is 0 Å². The Morgan fingerprint density at radius 3 is 2.60 bits per heavy atom. The summed E-state index contributed by atoms with van der Waals surface area (Å²) in [6.07, 6.45) is 0. The largest absolute Gasteiger partial charge is 0.0910 e. The van der Waals surface area contributed by atoms with Gasteiger partial charge in [0, 0.05) is 6.56 Å². The van der Waals surface area contributed by atoms with Gasteiger partial charge in [0.2, 0.25) is 0 Å². The Labute approximate surface area is 42.9 Å². The Balaban J connectivity index is 2.40. The molecule has 0 aliphatic heterocycles. The van der Waals surface area contributed by atoms with Crippen LogP contribution in [0.3, 0.4) is 0 Å². The minimum atomic E-state index is 1.03. The summed E-state index contributed by atoms with van der Waals surface area (Å²) in [5.41, 5.74) is 0. The number of hydrogen-bond donors (Lipinski definition) is 0. The summed E-state index contributed by atoms with van der Waals surface area (Å²) < 4.78 is 0. The van der Waals surface area contributed by atoms with Gasteiger partial charge in [0.1, 0.15) is 0 Å². The molecule has 0 saturated carbocycles. The molecule has 3 heteroatoms. The molecule has 0 rings (SSSR count). The first-order valence-corrected chi connectivity index (χ1v) is 4.86. The first-order chi connectivity index (χ1) is 2.41. The lowest BCUT2D eigenvalue weighted by Crippen LogP contribution is -1.45. The first-order valence-electron chi connectivity index (χ1n) is 1.36. The molecule has 0 aromatic carbocycles. The van der Waals surface area contributed by atoms with Crippen LogP contribution in [0.5, 0.6) is 0 Å². The Bertz CT molecular complexity index is 28.8. The lowest BCUT2D eigenvalue weighted by molar-refractivity contribution is 1.54. The van der Waals surface area contributed by atoms with Gasteiger partial charge in [-0.25, -0.2) is 0 Å². The predicted molar refractivity (Wildman–Crippen MR) is 32.4 cm³/mol. The van der Waals surface area contributed by atoms with Crippen LogP contribution in [-0.2, 0) is 11.8 Å². The van der Waals surface area contributed by atoms with E-state index in [1.807, 2.05) is 0 Å². The van der Waals surface area contributed by atoms with E-state index in [1.54, 1.807) is 11.4 Å². The van der Waals surface area contributed by atoms with E-state index in [4.69, 9.17) is 0 Å². The van der Waals surface area contributed by atoms with E-state index in [-0.39, 0.29) is 0 Å². The van der Waals surface area contributed by atoms with Crippen molar-refractivity contribution in [2.45, 2.75) is 6.92 Å². The molecule has 0 aromatic heterocycles. The maximum Gasteiger partial charge on any atom is 0.0430 e. The van der Waals surface area contributed by atoms with Crippen molar-refractivity contribution in [1.29, 1.82) is 0 Å². The molecule has 0 saturated heterocycles. The van der Waals surface area contributed by atoms with Crippen molar-refractivity contribution in [3.05, 3.63) is 0 Å². The summed E-state index contributed by atoms with van der Waals surface area (Å²) in [6, 6.07) is 0. The van der Waals surface area contributed by atoms with Gasteiger partial charge in [0.15, 0.2) is 0 Å². The van der Waals surface area contributed by atoms with Crippen LogP contribution in [0.25, 0.3) is 0 Å². The van der Waals surface area contributed by atoms with E-state index in [0.717, 1.165) is 12.3 Å². The van der Waals surface area contributed by atoms with Crippen molar-refractivity contribution in [2.24, 2.45) is 0 Å². The summed E-state index contributed by atoms with van der Waals surface area (Å²) in [5.74, 6) is 1.14. The maximum absolute atomic E-state index is 4.59. The van der Waals surface area contributed by atoms with E-state index < -0.39 is 0 Å². The zero-order chi connectivity index (χ0) is 4.12. The smallest absolute Gasteiger partial charge is 0.0430 e. The monoisotopic (exact) mass is 124 g/mol. The van der Waals surface area contributed by atoms with Crippen molar-refractivity contribution in [1.82, 2.24) is 0 Å². The summed E-state index contributed by atoms with van der Waals surface area (Å²) in [4.78, 5) is 0. The van der Waals surface area contributed by atoms with Crippen LogP contribution in [0.1, 0.15) is 6.92 Å². The third-order valence-electron chi connectivity index (χ3n) is 0.182. The zero-order valence-corrected chi connectivity index (χ0v) is 5.50. The lowest BCUT2D eigenvalue weighted by Gasteiger charge is -1.70. The molecular weight excluding hydrogens is 119 g/mol. The molecule has 0 radical (unpaired) electrons. The second-order valence-corrected chi connectivity index (χ2v) is 4.04. The zero-order valence-electron chi connectivity index (χ0n) is 2.97. The highest BCUT2D eigenvalue weighted by Crippen LogP contribution is 2.14. The Morgan fingerprint density at radius 1 is 2.00 bits per heavy atom. The molecule has 0 amide bonds. The summed E-state index contributed by atoms with van der Waals surface area (Å²) in [7, 11) is 0. The maximum atomic E-state index is 4.59. The van der Waals surface area contributed by atoms with Gasteiger partial charge in [0.05, 0.1) is 0 Å². The van der Waals surface area contributed by atoms with Gasteiger partial charge in [-0.2, -0.15) is 0 Å². The fourth-order valence-electron chi connectivity index (χ4n) is 0.0527. The highest BCUT2D eigenvalue weighted by Gasteiger charge is 1.64. The quantitative estimate of drug-likeness (QED) is 0.517. The highest BCUT2D eigenvalue weighted by atomic mass is 32.9. The fourth-order valence-corrected chi connectivity index (χ4v) is 1.42. The molecule has 30 valence electrons. The molecule has 0 nitrogen and oxygen atoms in total. The first kappa shape index (κ1) is 5.87. The average Bonchev–Trinajstić information content (AvgIpc) is 1.41. The van der Waals surface area contributed by atoms with Crippen LogP contribution in [-0.4, -0.2) is 5.75 Å². The molecule has 0 N–H and O–H groups in total. The van der Waals surface area contributed by atoms with Crippen LogP contribution in [0.15, 0.2) is 0 Å². The van der Waals surface area contributed by atoms with Crippen molar-refractivity contribution in [2.75, 3.05) is 5.75 Å². The molecule has 0 aliphatic rings. The van der Waals surface area contributed by atoms with Crippen LogP contribution in [0, 0.1) is 0 Å². The van der Waals surface area contributed by atoms with Crippen molar-refractivity contribution in [3.63, 3.8) is 0 Å². The summed E-state index contributed by atoms with van der Waals surface area (Å²) in [6.45, 7) is 3.13. The van der Waals surface area contributed by atoms with Gasteiger partial charge in [0.25, 0.3) is 0 Å². The van der Waals surface area contributed by atoms with Crippen molar-refractivity contribution < 1.29 is 0 Å². The SMILES string of the molecule is CCSP=S. The Kier molecular flexibility index (Phi) is 5.72. The van der Waals surface area contributed by atoms with Crippen molar-refractivity contribution >= 4 is 29.7 Å². The minimum absolute atomic E-state index is 1.03. The van der Waals surface area contributed by atoms with E-state index in [1.165, 1.54) is 0 Å². The van der Waals surface area contributed by atoms with Crippen LogP contribution >= 0.6 is 17.9 Å². The predicted octanol–water partition coefficient (Wildman–Crippen LogP) is 2.06. The van der Waals surface area contributed by atoms with E-state index in [2.05, 4.69) is 18.7 Å². The summed E-state index contributed by atoms with van der Waals surface area (Å²) >= 11 is 6.34. The third kappa shape index (κ3) is 4.87. The average molecular weight is 124 g/mol. The Hall–Kier alpha value is 0.870. The molecule has 0 spiro atoms. The second-order valence-electron chi connectivity index (χ2n) is 0.492. The van der Waals surface area contributed by atoms with Gasteiger partial charge >= 0.3 is 0 Å². The van der Waals surface area contributed by atoms with Gasteiger partial charge in [-0.15, -0.1) is 0 Å². The molecule has 0 aliphatic carbocycles. The van der Waals surface area contributed by atoms with Gasteiger partial charge < -0.3 is 0 Å². The van der Waals surface area contributed by atoms with Crippen LogP contribution < -0.4 is 0 Å². The topological polar surface area (TPSA) is 0 Å². The minimum Gasteiger partial charge on any atom is -0.0910 e. The van der Waals surface area contributed by atoms with Gasteiger partial charge in [-0.1, -0.05) is 18.3 Å². The lowest BCUT2D eigenvalue weighted by atomic mass is 11.0.